The molecule has 0 bridgehead atoms. The highest BCUT2D eigenvalue weighted by atomic mass is 35.5. The molecule has 2 rings (SSSR count). The Morgan fingerprint density at radius 1 is 1.21 bits per heavy atom. The summed E-state index contributed by atoms with van der Waals surface area (Å²) in [6, 6.07) is 5.48. The number of halogens is 2. The normalized spacial score (nSPS) is 18.7. The molecule has 0 atom stereocenters. The lowest BCUT2D eigenvalue weighted by molar-refractivity contribution is 0.224. The van der Waals surface area contributed by atoms with E-state index in [-0.39, 0.29) is 12.0 Å². The van der Waals surface area contributed by atoms with Gasteiger partial charge in [0.05, 0.1) is 22.9 Å². The fraction of sp³-hybridized carbons (Fsp3) is 0.538. The van der Waals surface area contributed by atoms with Gasteiger partial charge in [0.15, 0.2) is 0 Å². The first-order valence-corrected chi connectivity index (χ1v) is 8.70. The zero-order valence-electron chi connectivity index (χ0n) is 10.7. The first-order chi connectivity index (χ1) is 8.82. The highest BCUT2D eigenvalue weighted by Crippen LogP contribution is 2.43. The van der Waals surface area contributed by atoms with Crippen molar-refractivity contribution in [1.82, 2.24) is 0 Å². The smallest absolute Gasteiger partial charge is 0.264 e. The lowest BCUT2D eigenvalue weighted by atomic mass is 9.80. The molecule has 1 aromatic carbocycles. The summed E-state index contributed by atoms with van der Waals surface area (Å²) in [5, 5.41) is 0.993. The topological polar surface area (TPSA) is 43.4 Å². The molecule has 1 saturated carbocycles. The summed E-state index contributed by atoms with van der Waals surface area (Å²) in [5.41, 5.74) is 0.736. The molecule has 0 heterocycles. The van der Waals surface area contributed by atoms with Crippen molar-refractivity contribution in [3.63, 3.8) is 0 Å². The zero-order valence-corrected chi connectivity index (χ0v) is 13.0. The summed E-state index contributed by atoms with van der Waals surface area (Å²) in [5.74, 6) is 0. The number of hydrogen-bond acceptors (Lipinski definition) is 3. The van der Waals surface area contributed by atoms with Crippen LogP contribution in [0.4, 0.5) is 0 Å². The van der Waals surface area contributed by atoms with Crippen molar-refractivity contribution in [3.8, 4) is 0 Å². The molecule has 6 heteroatoms. The van der Waals surface area contributed by atoms with Gasteiger partial charge in [-0.3, -0.25) is 4.18 Å². The Labute approximate surface area is 124 Å². The maximum atomic E-state index is 11.2. The van der Waals surface area contributed by atoms with Crippen LogP contribution in [0, 0.1) is 0 Å². The van der Waals surface area contributed by atoms with E-state index in [0.717, 1.165) is 37.5 Å². The van der Waals surface area contributed by atoms with E-state index in [1.54, 1.807) is 6.07 Å². The van der Waals surface area contributed by atoms with E-state index < -0.39 is 10.1 Å². The minimum Gasteiger partial charge on any atom is -0.269 e. The summed E-state index contributed by atoms with van der Waals surface area (Å²) in [4.78, 5) is 0. The van der Waals surface area contributed by atoms with Crippen LogP contribution in [0.15, 0.2) is 18.2 Å². The minimum absolute atomic E-state index is 0.170. The van der Waals surface area contributed by atoms with Crippen LogP contribution >= 0.6 is 23.2 Å². The predicted molar refractivity (Wildman–Crippen MR) is 77.4 cm³/mol. The second-order valence-electron chi connectivity index (χ2n) is 5.08. The zero-order chi connectivity index (χ0) is 14.1. The monoisotopic (exact) mass is 322 g/mol. The molecule has 0 N–H and O–H groups in total. The summed E-state index contributed by atoms with van der Waals surface area (Å²) in [6.45, 7) is 0.170. The molecule has 106 valence electrons. The number of benzene rings is 1. The van der Waals surface area contributed by atoms with Crippen LogP contribution in [0.3, 0.4) is 0 Å². The van der Waals surface area contributed by atoms with E-state index >= 15 is 0 Å². The number of rotatable bonds is 4. The van der Waals surface area contributed by atoms with E-state index in [1.165, 1.54) is 0 Å². The minimum atomic E-state index is -3.44. The molecule has 3 nitrogen and oxygen atoms in total. The fourth-order valence-electron chi connectivity index (χ4n) is 2.61. The molecule has 0 aliphatic heterocycles. The molecule has 0 amide bonds. The van der Waals surface area contributed by atoms with Gasteiger partial charge in [0.1, 0.15) is 0 Å². The molecule has 1 aliphatic rings. The molecule has 1 aliphatic carbocycles. The summed E-state index contributed by atoms with van der Waals surface area (Å²) in [7, 11) is -3.44. The third kappa shape index (κ3) is 3.63. The Morgan fingerprint density at radius 3 is 2.37 bits per heavy atom. The van der Waals surface area contributed by atoms with Gasteiger partial charge in [-0.1, -0.05) is 42.1 Å². The molecule has 1 aromatic rings. The van der Waals surface area contributed by atoms with E-state index in [9.17, 15) is 8.42 Å². The van der Waals surface area contributed by atoms with Gasteiger partial charge in [-0.25, -0.2) is 0 Å². The van der Waals surface area contributed by atoms with Crippen LogP contribution in [0.5, 0.6) is 0 Å². The van der Waals surface area contributed by atoms with E-state index in [1.807, 2.05) is 12.1 Å². The van der Waals surface area contributed by atoms with Crippen LogP contribution in [-0.4, -0.2) is 21.3 Å². The third-order valence-electron chi connectivity index (χ3n) is 3.64. The summed E-state index contributed by atoms with van der Waals surface area (Å²) in [6.07, 6.45) is 5.01. The fourth-order valence-corrected chi connectivity index (χ4v) is 3.35. The molecule has 0 unspecified atom stereocenters. The van der Waals surface area contributed by atoms with Gasteiger partial charge < -0.3 is 0 Å². The lowest BCUT2D eigenvalue weighted by Gasteiger charge is -2.29. The Morgan fingerprint density at radius 2 is 1.84 bits per heavy atom. The van der Waals surface area contributed by atoms with Crippen molar-refractivity contribution < 1.29 is 12.6 Å². The van der Waals surface area contributed by atoms with Crippen molar-refractivity contribution in [2.75, 3.05) is 12.9 Å². The second kappa shape index (κ2) is 5.60. The molecule has 0 spiro atoms. The Kier molecular flexibility index (Phi) is 4.45. The molecule has 0 saturated heterocycles. The van der Waals surface area contributed by atoms with Gasteiger partial charge in [0.25, 0.3) is 10.1 Å². The average molecular weight is 323 g/mol. The number of hydrogen-bond donors (Lipinski definition) is 0. The van der Waals surface area contributed by atoms with Gasteiger partial charge in [0.2, 0.25) is 0 Å². The molecule has 19 heavy (non-hydrogen) atoms. The van der Waals surface area contributed by atoms with E-state index in [0.29, 0.717) is 10.0 Å². The molecule has 0 radical (unpaired) electrons. The maximum Gasteiger partial charge on any atom is 0.264 e. The quantitative estimate of drug-likeness (QED) is 0.792. The highest BCUT2D eigenvalue weighted by Gasteiger charge is 2.37. The Hall–Kier alpha value is -0.290. The standard InChI is InChI=1S/C13H16Cl2O3S/c1-19(16,17)18-9-13(6-2-3-7-13)10-4-5-11(14)12(15)8-10/h4-5,8H,2-3,6-7,9H2,1H3. The van der Waals surface area contributed by atoms with Crippen molar-refractivity contribution >= 4 is 33.3 Å². The first-order valence-electron chi connectivity index (χ1n) is 6.12. The van der Waals surface area contributed by atoms with Gasteiger partial charge in [0, 0.05) is 5.41 Å². The van der Waals surface area contributed by atoms with E-state index in [2.05, 4.69) is 0 Å². The molecule has 0 aromatic heterocycles. The SMILES string of the molecule is CS(=O)(=O)OCC1(c2ccc(Cl)c(Cl)c2)CCCC1. The Balaban J connectivity index is 2.30. The molecule has 1 fully saturated rings. The van der Waals surface area contributed by atoms with Crippen LogP contribution in [-0.2, 0) is 19.7 Å². The van der Waals surface area contributed by atoms with Crippen LogP contribution in [0.1, 0.15) is 31.2 Å². The van der Waals surface area contributed by atoms with Crippen LogP contribution < -0.4 is 0 Å². The predicted octanol–water partition coefficient (Wildman–Crippen LogP) is 3.78. The van der Waals surface area contributed by atoms with Crippen LogP contribution in [0.2, 0.25) is 10.0 Å². The summed E-state index contributed by atoms with van der Waals surface area (Å²) >= 11 is 12.0. The van der Waals surface area contributed by atoms with Gasteiger partial charge in [-0.05, 0) is 30.5 Å². The van der Waals surface area contributed by atoms with Crippen molar-refractivity contribution in [1.29, 1.82) is 0 Å². The maximum absolute atomic E-state index is 11.2. The van der Waals surface area contributed by atoms with Crippen molar-refractivity contribution in [3.05, 3.63) is 33.8 Å². The first kappa shape index (κ1) is 15.1. The van der Waals surface area contributed by atoms with Crippen molar-refractivity contribution in [2.24, 2.45) is 0 Å². The summed E-state index contributed by atoms with van der Waals surface area (Å²) < 4.78 is 27.5. The highest BCUT2D eigenvalue weighted by molar-refractivity contribution is 7.85. The van der Waals surface area contributed by atoms with Crippen LogP contribution in [0.25, 0.3) is 0 Å². The average Bonchev–Trinajstić information content (AvgIpc) is 2.79. The largest absolute Gasteiger partial charge is 0.269 e. The second-order valence-corrected chi connectivity index (χ2v) is 7.54. The van der Waals surface area contributed by atoms with E-state index in [4.69, 9.17) is 27.4 Å². The molecular weight excluding hydrogens is 307 g/mol. The van der Waals surface area contributed by atoms with Crippen molar-refractivity contribution in [2.45, 2.75) is 31.1 Å². The Bertz CT molecular complexity index is 563. The van der Waals surface area contributed by atoms with Gasteiger partial charge >= 0.3 is 0 Å². The van der Waals surface area contributed by atoms with Gasteiger partial charge in [-0.15, -0.1) is 0 Å². The van der Waals surface area contributed by atoms with Gasteiger partial charge in [-0.2, -0.15) is 8.42 Å². The lowest BCUT2D eigenvalue weighted by Crippen LogP contribution is -2.29. The third-order valence-corrected chi connectivity index (χ3v) is 4.93. The molecular formula is C13H16Cl2O3S.